The zero-order valence-electron chi connectivity index (χ0n) is 13.4. The van der Waals surface area contributed by atoms with Crippen molar-refractivity contribution < 1.29 is 19.1 Å². The molecular formula is C16H24O4Si. The van der Waals surface area contributed by atoms with E-state index < -0.39 is 14.3 Å². The molecule has 0 aliphatic rings. The maximum absolute atomic E-state index is 11.9. The Balaban J connectivity index is 2.82. The maximum atomic E-state index is 11.9. The second kappa shape index (κ2) is 6.53. The molecule has 1 aromatic carbocycles. The van der Waals surface area contributed by atoms with E-state index >= 15 is 0 Å². The Hall–Kier alpha value is -1.46. The first-order chi connectivity index (χ1) is 9.51. The molecule has 0 heterocycles. The van der Waals surface area contributed by atoms with Gasteiger partial charge in [0.05, 0.1) is 6.42 Å². The Labute approximate surface area is 127 Å². The van der Waals surface area contributed by atoms with Crippen LogP contribution in [0.3, 0.4) is 0 Å². The number of rotatable bonds is 6. The maximum Gasteiger partial charge on any atom is 0.303 e. The van der Waals surface area contributed by atoms with Crippen molar-refractivity contribution >= 4 is 25.3 Å². The van der Waals surface area contributed by atoms with Gasteiger partial charge in [-0.3, -0.25) is 9.59 Å². The average molecular weight is 308 g/mol. The molecule has 5 heteroatoms. The van der Waals surface area contributed by atoms with Crippen LogP contribution in [0.1, 0.15) is 44.0 Å². The third-order valence-corrected chi connectivity index (χ3v) is 5.88. The zero-order chi connectivity index (χ0) is 16.3. The largest absolute Gasteiger partial charge is 0.481 e. The molecule has 4 nitrogen and oxygen atoms in total. The molecular weight excluding hydrogens is 284 g/mol. The van der Waals surface area contributed by atoms with Crippen LogP contribution in [-0.4, -0.2) is 30.8 Å². The molecule has 0 atom stereocenters. The molecule has 0 unspecified atom stereocenters. The van der Waals surface area contributed by atoms with Crippen molar-refractivity contribution in [3.05, 3.63) is 29.8 Å². The Kier molecular flexibility index (Phi) is 5.47. The van der Waals surface area contributed by atoms with E-state index in [9.17, 15) is 9.59 Å². The lowest BCUT2D eigenvalue weighted by molar-refractivity contribution is -0.136. The molecule has 0 aliphatic carbocycles. The van der Waals surface area contributed by atoms with Gasteiger partial charge in [-0.2, -0.15) is 0 Å². The third kappa shape index (κ3) is 5.81. The average Bonchev–Trinajstić information content (AvgIpc) is 2.33. The van der Waals surface area contributed by atoms with Crippen LogP contribution in [-0.2, 0) is 9.22 Å². The van der Waals surface area contributed by atoms with Crippen molar-refractivity contribution in [1.82, 2.24) is 0 Å². The summed E-state index contributed by atoms with van der Waals surface area (Å²) in [5.41, 5.74) is 0.353. The van der Waals surface area contributed by atoms with E-state index in [1.54, 1.807) is 12.1 Å². The highest BCUT2D eigenvalue weighted by Gasteiger charge is 2.30. The minimum atomic E-state index is -2.01. The number of carboxylic acids is 1. The summed E-state index contributed by atoms with van der Waals surface area (Å²) in [6.45, 7) is 10.3. The lowest BCUT2D eigenvalue weighted by atomic mass is 10.1. The number of carbonyl (C=O) groups excluding carboxylic acids is 1. The summed E-state index contributed by atoms with van der Waals surface area (Å²) in [4.78, 5) is 22.3. The SMILES string of the molecule is CC(C)(C)O[Si](C)(C)c1ccc(C(=O)CCC(=O)O)cc1. The van der Waals surface area contributed by atoms with E-state index in [0.717, 1.165) is 5.19 Å². The molecule has 21 heavy (non-hydrogen) atoms. The third-order valence-electron chi connectivity index (χ3n) is 3.03. The van der Waals surface area contributed by atoms with Crippen LogP contribution in [0.5, 0.6) is 0 Å². The minimum Gasteiger partial charge on any atom is -0.481 e. The van der Waals surface area contributed by atoms with Crippen LogP contribution in [0.2, 0.25) is 13.1 Å². The van der Waals surface area contributed by atoms with Gasteiger partial charge in [-0.1, -0.05) is 24.3 Å². The van der Waals surface area contributed by atoms with Gasteiger partial charge in [0, 0.05) is 17.6 Å². The number of Topliss-reactive ketones (excluding diaryl/α,β-unsaturated/α-hetero) is 1. The zero-order valence-corrected chi connectivity index (χ0v) is 14.4. The molecule has 0 aromatic heterocycles. The van der Waals surface area contributed by atoms with Gasteiger partial charge in [0.25, 0.3) is 0 Å². The summed E-state index contributed by atoms with van der Waals surface area (Å²) in [5.74, 6) is -1.09. The topological polar surface area (TPSA) is 63.6 Å². The molecule has 116 valence electrons. The number of hydrogen-bond acceptors (Lipinski definition) is 3. The van der Waals surface area contributed by atoms with Crippen LogP contribution in [0, 0.1) is 0 Å². The van der Waals surface area contributed by atoms with Gasteiger partial charge in [0.2, 0.25) is 8.32 Å². The second-order valence-corrected chi connectivity index (χ2v) is 10.4. The number of ketones is 1. The lowest BCUT2D eigenvalue weighted by Crippen LogP contribution is -2.49. The van der Waals surface area contributed by atoms with E-state index in [1.165, 1.54) is 0 Å². The summed E-state index contributed by atoms with van der Waals surface area (Å²) < 4.78 is 6.17. The summed E-state index contributed by atoms with van der Waals surface area (Å²) in [6, 6.07) is 7.37. The minimum absolute atomic E-state index is 0.0357. The van der Waals surface area contributed by atoms with E-state index in [-0.39, 0.29) is 24.2 Å². The van der Waals surface area contributed by atoms with Crippen molar-refractivity contribution in [3.63, 3.8) is 0 Å². The lowest BCUT2D eigenvalue weighted by Gasteiger charge is -2.32. The van der Waals surface area contributed by atoms with E-state index in [2.05, 4.69) is 13.1 Å². The van der Waals surface area contributed by atoms with E-state index in [4.69, 9.17) is 9.53 Å². The van der Waals surface area contributed by atoms with Gasteiger partial charge in [0.15, 0.2) is 5.78 Å². The van der Waals surface area contributed by atoms with Crippen molar-refractivity contribution in [3.8, 4) is 0 Å². The molecule has 0 aliphatic heterocycles. The normalized spacial score (nSPS) is 12.2. The van der Waals surface area contributed by atoms with Crippen LogP contribution >= 0.6 is 0 Å². The number of carbonyl (C=O) groups is 2. The standard InChI is InChI=1S/C16H24O4Si/c1-16(2,3)20-21(4,5)13-8-6-12(7-9-13)14(17)10-11-15(18)19/h6-9H,10-11H2,1-5H3,(H,18,19). The first kappa shape index (κ1) is 17.6. The van der Waals surface area contributed by atoms with Gasteiger partial charge < -0.3 is 9.53 Å². The Bertz CT molecular complexity index is 512. The van der Waals surface area contributed by atoms with Gasteiger partial charge in [-0.15, -0.1) is 0 Å². The molecule has 1 N–H and O–H groups in total. The highest BCUT2D eigenvalue weighted by Crippen LogP contribution is 2.17. The molecule has 0 bridgehead atoms. The van der Waals surface area contributed by atoms with Crippen molar-refractivity contribution in [1.29, 1.82) is 0 Å². The van der Waals surface area contributed by atoms with Crippen molar-refractivity contribution in [2.45, 2.75) is 52.3 Å². The van der Waals surface area contributed by atoms with Crippen molar-refractivity contribution in [2.75, 3.05) is 0 Å². The van der Waals surface area contributed by atoms with Gasteiger partial charge in [0.1, 0.15) is 0 Å². The number of benzene rings is 1. The van der Waals surface area contributed by atoms with Gasteiger partial charge in [-0.25, -0.2) is 0 Å². The van der Waals surface area contributed by atoms with Crippen LogP contribution in [0.15, 0.2) is 24.3 Å². The van der Waals surface area contributed by atoms with E-state index in [1.807, 2.05) is 32.9 Å². The summed E-state index contributed by atoms with van der Waals surface area (Å²) in [6.07, 6.45) is -0.0953. The van der Waals surface area contributed by atoms with Crippen LogP contribution < -0.4 is 5.19 Å². The fourth-order valence-corrected chi connectivity index (χ4v) is 4.86. The molecule has 0 saturated carbocycles. The number of aliphatic carboxylic acids is 1. The number of carboxylic acid groups (broad SMARTS) is 1. The highest BCUT2D eigenvalue weighted by molar-refractivity contribution is 6.84. The first-order valence-corrected chi connectivity index (χ1v) is 9.98. The van der Waals surface area contributed by atoms with E-state index in [0.29, 0.717) is 5.56 Å². The van der Waals surface area contributed by atoms with Crippen LogP contribution in [0.25, 0.3) is 0 Å². The molecule has 1 aromatic rings. The Morgan fingerprint density at radius 2 is 1.62 bits per heavy atom. The quantitative estimate of drug-likeness (QED) is 0.648. The highest BCUT2D eigenvalue weighted by atomic mass is 28.4. The summed E-state index contributed by atoms with van der Waals surface area (Å²) in [5, 5.41) is 9.72. The molecule has 0 fully saturated rings. The monoisotopic (exact) mass is 308 g/mol. The predicted molar refractivity (Wildman–Crippen MR) is 85.6 cm³/mol. The molecule has 0 amide bonds. The Morgan fingerprint density at radius 1 is 1.10 bits per heavy atom. The van der Waals surface area contributed by atoms with Gasteiger partial charge in [-0.05, 0) is 39.1 Å². The summed E-state index contributed by atoms with van der Waals surface area (Å²) >= 11 is 0. The van der Waals surface area contributed by atoms with Crippen LogP contribution in [0.4, 0.5) is 0 Å². The van der Waals surface area contributed by atoms with Crippen molar-refractivity contribution in [2.24, 2.45) is 0 Å². The second-order valence-electron chi connectivity index (χ2n) is 6.62. The molecule has 1 rings (SSSR count). The molecule has 0 saturated heterocycles. The fraction of sp³-hybridized carbons (Fsp3) is 0.500. The predicted octanol–water partition coefficient (Wildman–Crippen LogP) is 2.96. The van der Waals surface area contributed by atoms with Gasteiger partial charge >= 0.3 is 5.97 Å². The molecule has 0 spiro atoms. The summed E-state index contributed by atoms with van der Waals surface area (Å²) in [7, 11) is -2.01. The first-order valence-electron chi connectivity index (χ1n) is 7.07. The Morgan fingerprint density at radius 3 is 2.05 bits per heavy atom. The smallest absolute Gasteiger partial charge is 0.303 e. The molecule has 0 radical (unpaired) electrons. The fourth-order valence-electron chi connectivity index (χ4n) is 2.25. The number of hydrogen-bond donors (Lipinski definition) is 1.